The second-order valence-corrected chi connectivity index (χ2v) is 12.8. The minimum Gasteiger partial charge on any atom is -0.292 e. The number of unbranched alkanes of at least 4 members (excludes halogenated alkanes) is 22. The molecule has 0 fully saturated rings. The molecule has 248 valence electrons. The third-order valence-electron chi connectivity index (χ3n) is 8.71. The van der Waals surface area contributed by atoms with Gasteiger partial charge in [-0.3, -0.25) is 19.5 Å². The molecule has 0 saturated carbocycles. The molecule has 4 heteroatoms. The highest BCUT2D eigenvalue weighted by molar-refractivity contribution is 6.41. The van der Waals surface area contributed by atoms with Gasteiger partial charge in [-0.1, -0.05) is 141 Å². The van der Waals surface area contributed by atoms with E-state index in [1.807, 2.05) is 0 Å². The number of amides is 1. The molecule has 0 aromatic heterocycles. The van der Waals surface area contributed by atoms with Crippen LogP contribution in [-0.4, -0.2) is 35.5 Å². The van der Waals surface area contributed by atoms with E-state index in [2.05, 4.69) is 43.1 Å². The number of carbonyl (C=O) groups is 2. The summed E-state index contributed by atoms with van der Waals surface area (Å²) in [5.41, 5.74) is 0. The summed E-state index contributed by atoms with van der Waals surface area (Å²) in [6.45, 7) is 5.70. The topological polar surface area (TPSA) is 49.7 Å². The predicted octanol–water partition coefficient (Wildman–Crippen LogP) is 11.9. The molecule has 0 aliphatic carbocycles. The van der Waals surface area contributed by atoms with Gasteiger partial charge in [0.25, 0.3) is 0 Å². The zero-order valence-corrected chi connectivity index (χ0v) is 28.7. The number of carbonyl (C=O) groups excluding carboxylic acids is 2. The number of nitrogens with zero attached hydrogens (tertiary/aromatic N) is 2. The molecule has 0 radical (unpaired) electrons. The van der Waals surface area contributed by atoms with Crippen LogP contribution in [0.5, 0.6) is 0 Å². The lowest BCUT2D eigenvalue weighted by molar-refractivity contribution is -0.128. The lowest BCUT2D eigenvalue weighted by Crippen LogP contribution is -2.38. The van der Waals surface area contributed by atoms with Gasteiger partial charge >= 0.3 is 0 Å². The van der Waals surface area contributed by atoms with Crippen LogP contribution < -0.4 is 0 Å². The second-order valence-electron chi connectivity index (χ2n) is 12.8. The first-order valence-electron chi connectivity index (χ1n) is 18.9. The number of hydrogen-bond acceptors (Lipinski definition) is 3. The molecule has 0 aromatic rings. The first-order valence-corrected chi connectivity index (χ1v) is 18.9. The zero-order chi connectivity index (χ0) is 31.1. The molecule has 43 heavy (non-hydrogen) atoms. The number of hydrogen-bond donors (Lipinski definition) is 0. The van der Waals surface area contributed by atoms with Crippen LogP contribution in [0.4, 0.5) is 0 Å². The van der Waals surface area contributed by atoms with Gasteiger partial charge in [0.05, 0.1) is 6.54 Å². The molecular formula is C39H70N2O2. The molecule has 0 aromatic carbocycles. The van der Waals surface area contributed by atoms with Crippen molar-refractivity contribution in [2.75, 3.05) is 13.1 Å². The van der Waals surface area contributed by atoms with E-state index in [-0.39, 0.29) is 11.7 Å². The molecule has 0 spiro atoms. The molecule has 1 amide bonds. The van der Waals surface area contributed by atoms with Crippen molar-refractivity contribution in [3.63, 3.8) is 0 Å². The molecule has 0 saturated heterocycles. The lowest BCUT2D eigenvalue weighted by atomic mass is 10.1. The van der Waals surface area contributed by atoms with Crippen LogP contribution in [-0.2, 0) is 9.59 Å². The molecule has 4 nitrogen and oxygen atoms in total. The summed E-state index contributed by atoms with van der Waals surface area (Å²) in [4.78, 5) is 31.6. The smallest absolute Gasteiger partial charge is 0.228 e. The highest BCUT2D eigenvalue weighted by Crippen LogP contribution is 2.15. The quantitative estimate of drug-likeness (QED) is 0.0588. The predicted molar refractivity (Wildman–Crippen MR) is 188 cm³/mol. The first-order chi connectivity index (χ1) is 21.2. The number of allylic oxidation sites excluding steroid dienone is 4. The minimum atomic E-state index is 0.0630. The van der Waals surface area contributed by atoms with Gasteiger partial charge in [-0.25, -0.2) is 0 Å². The molecular weight excluding hydrogens is 528 g/mol. The van der Waals surface area contributed by atoms with Crippen molar-refractivity contribution in [2.45, 2.75) is 194 Å². The lowest BCUT2D eigenvalue weighted by Gasteiger charge is -2.17. The van der Waals surface area contributed by atoms with Crippen LogP contribution in [0.15, 0.2) is 29.3 Å². The van der Waals surface area contributed by atoms with Crippen LogP contribution in [0, 0.1) is 0 Å². The number of amidine groups is 1. The highest BCUT2D eigenvalue weighted by Gasteiger charge is 2.27. The largest absolute Gasteiger partial charge is 0.292 e. The van der Waals surface area contributed by atoms with Gasteiger partial charge in [0.15, 0.2) is 11.6 Å². The number of Topliss-reactive ketones (excluding diaryl/α,β-unsaturated/α-hetero) is 1. The molecule has 1 heterocycles. The van der Waals surface area contributed by atoms with Crippen LogP contribution in [0.1, 0.15) is 194 Å². The van der Waals surface area contributed by atoms with E-state index >= 15 is 0 Å². The summed E-state index contributed by atoms with van der Waals surface area (Å²) in [6, 6.07) is 0. The molecule has 0 atom stereocenters. The van der Waals surface area contributed by atoms with Gasteiger partial charge < -0.3 is 0 Å². The van der Waals surface area contributed by atoms with E-state index in [9.17, 15) is 9.59 Å². The van der Waals surface area contributed by atoms with E-state index in [0.717, 1.165) is 25.7 Å². The molecule has 0 N–H and O–H groups in total. The maximum atomic E-state index is 12.8. The fourth-order valence-corrected chi connectivity index (χ4v) is 5.88. The molecule has 1 aliphatic rings. The second kappa shape index (κ2) is 30.3. The van der Waals surface area contributed by atoms with Crippen molar-refractivity contribution in [3.8, 4) is 0 Å². The Hall–Kier alpha value is -1.71. The monoisotopic (exact) mass is 599 g/mol. The summed E-state index contributed by atoms with van der Waals surface area (Å²) in [5, 5.41) is 0. The Balaban J connectivity index is 1.98. The molecule has 0 unspecified atom stereocenters. The average molecular weight is 599 g/mol. The van der Waals surface area contributed by atoms with Gasteiger partial charge in [0.1, 0.15) is 0 Å². The zero-order valence-electron chi connectivity index (χ0n) is 28.7. The van der Waals surface area contributed by atoms with Crippen LogP contribution in [0.25, 0.3) is 0 Å². The van der Waals surface area contributed by atoms with Crippen LogP contribution >= 0.6 is 0 Å². The van der Waals surface area contributed by atoms with E-state index in [1.165, 1.54) is 141 Å². The third kappa shape index (κ3) is 23.4. The van der Waals surface area contributed by atoms with Crippen molar-refractivity contribution in [1.82, 2.24) is 4.90 Å². The molecule has 1 rings (SSSR count). The molecule has 1 aliphatic heterocycles. The van der Waals surface area contributed by atoms with E-state index < -0.39 is 0 Å². The Morgan fingerprint density at radius 2 is 0.907 bits per heavy atom. The van der Waals surface area contributed by atoms with Gasteiger partial charge in [-0.2, -0.15) is 0 Å². The van der Waals surface area contributed by atoms with Crippen molar-refractivity contribution in [3.05, 3.63) is 24.3 Å². The van der Waals surface area contributed by atoms with Gasteiger partial charge in [0.2, 0.25) is 5.91 Å². The van der Waals surface area contributed by atoms with Crippen molar-refractivity contribution in [2.24, 2.45) is 4.99 Å². The van der Waals surface area contributed by atoms with Crippen molar-refractivity contribution < 1.29 is 9.59 Å². The number of rotatable bonds is 31. The summed E-state index contributed by atoms with van der Waals surface area (Å²) in [6.07, 6.45) is 43.1. The summed E-state index contributed by atoms with van der Waals surface area (Å²) in [5.74, 6) is 0.591. The summed E-state index contributed by atoms with van der Waals surface area (Å²) < 4.78 is 0. The number of aliphatic imine (C=N–C) groups is 1. The van der Waals surface area contributed by atoms with Gasteiger partial charge in [-0.15, -0.1) is 0 Å². The normalized spacial score (nSPS) is 13.5. The Labute approximate surface area is 267 Å². The maximum Gasteiger partial charge on any atom is 0.228 e. The Bertz CT molecular complexity index is 754. The molecule has 0 bridgehead atoms. The van der Waals surface area contributed by atoms with Gasteiger partial charge in [-0.05, 0) is 64.2 Å². The Morgan fingerprint density at radius 1 is 0.535 bits per heavy atom. The minimum absolute atomic E-state index is 0.0630. The van der Waals surface area contributed by atoms with Gasteiger partial charge in [0, 0.05) is 19.4 Å². The maximum absolute atomic E-state index is 12.8. The van der Waals surface area contributed by atoms with Crippen LogP contribution in [0.3, 0.4) is 0 Å². The standard InChI is InChI=1S/C39H70N2O2/c1-3-5-7-9-11-13-15-17-19-21-23-25-27-29-31-33-37(42)39-40-35-36-41(39)38(43)34-32-30-28-26-24-22-20-18-16-14-12-10-8-6-4-2/h17-20H,3-16,21-36H2,1-2H3. The van der Waals surface area contributed by atoms with E-state index in [0.29, 0.717) is 31.8 Å². The summed E-state index contributed by atoms with van der Waals surface area (Å²) in [7, 11) is 0. The average Bonchev–Trinajstić information content (AvgIpc) is 3.51. The Kier molecular flexibility index (Phi) is 27.7. The van der Waals surface area contributed by atoms with Crippen molar-refractivity contribution in [1.29, 1.82) is 0 Å². The van der Waals surface area contributed by atoms with E-state index in [1.54, 1.807) is 4.90 Å². The summed E-state index contributed by atoms with van der Waals surface area (Å²) >= 11 is 0. The fourth-order valence-electron chi connectivity index (χ4n) is 5.88. The highest BCUT2D eigenvalue weighted by atomic mass is 16.2. The SMILES string of the molecule is CCCCCCCCC=CCCCCCCCC(=O)C1=NCCN1C(=O)CCCCCCCC=CCCCCCCCC. The number of ketones is 1. The fraction of sp³-hybridized carbons (Fsp3) is 0.821. The third-order valence-corrected chi connectivity index (χ3v) is 8.71. The Morgan fingerprint density at radius 3 is 1.35 bits per heavy atom. The first kappa shape index (κ1) is 39.3. The van der Waals surface area contributed by atoms with E-state index in [4.69, 9.17) is 0 Å². The van der Waals surface area contributed by atoms with Crippen molar-refractivity contribution >= 4 is 17.5 Å². The van der Waals surface area contributed by atoms with Crippen LogP contribution in [0.2, 0.25) is 0 Å².